The van der Waals surface area contributed by atoms with Gasteiger partial charge in [0.15, 0.2) is 0 Å². The third kappa shape index (κ3) is 2.20. The predicted octanol–water partition coefficient (Wildman–Crippen LogP) is 3.00. The maximum atomic E-state index is 6.14. The summed E-state index contributed by atoms with van der Waals surface area (Å²) in [6.45, 7) is 4.14. The standard InChI is InChI=1S/C11H16ClNO/c1-7(2)11(13)8-5-4-6-9(14-3)10(8)12/h4-7,11H,13H2,1-3H3. The van der Waals surface area contributed by atoms with Gasteiger partial charge in [0, 0.05) is 6.04 Å². The molecule has 14 heavy (non-hydrogen) atoms. The molecule has 1 rings (SSSR count). The Balaban J connectivity index is 3.09. The van der Waals surface area contributed by atoms with Crippen LogP contribution in [0.3, 0.4) is 0 Å². The van der Waals surface area contributed by atoms with Crippen LogP contribution in [0.5, 0.6) is 5.75 Å². The zero-order valence-corrected chi connectivity index (χ0v) is 9.51. The van der Waals surface area contributed by atoms with E-state index in [-0.39, 0.29) is 6.04 Å². The monoisotopic (exact) mass is 213 g/mol. The van der Waals surface area contributed by atoms with Crippen LogP contribution in [0.4, 0.5) is 0 Å². The van der Waals surface area contributed by atoms with Crippen LogP contribution in [0.1, 0.15) is 25.5 Å². The van der Waals surface area contributed by atoms with Crippen molar-refractivity contribution in [2.24, 2.45) is 11.7 Å². The van der Waals surface area contributed by atoms with Crippen LogP contribution >= 0.6 is 11.6 Å². The fourth-order valence-electron chi connectivity index (χ4n) is 1.30. The molecule has 78 valence electrons. The number of ether oxygens (including phenoxy) is 1. The number of rotatable bonds is 3. The zero-order chi connectivity index (χ0) is 10.7. The van der Waals surface area contributed by atoms with Gasteiger partial charge in [-0.05, 0) is 17.5 Å². The van der Waals surface area contributed by atoms with Crippen LogP contribution in [0.2, 0.25) is 5.02 Å². The molecule has 1 aromatic carbocycles. The summed E-state index contributed by atoms with van der Waals surface area (Å²) >= 11 is 6.14. The van der Waals surface area contributed by atoms with Gasteiger partial charge in [-0.15, -0.1) is 0 Å². The van der Waals surface area contributed by atoms with Gasteiger partial charge in [-0.1, -0.05) is 37.6 Å². The molecule has 0 aromatic heterocycles. The predicted molar refractivity (Wildman–Crippen MR) is 59.8 cm³/mol. The van der Waals surface area contributed by atoms with E-state index in [9.17, 15) is 0 Å². The molecule has 2 nitrogen and oxygen atoms in total. The second-order valence-electron chi connectivity index (χ2n) is 3.63. The molecule has 0 amide bonds. The molecule has 0 spiro atoms. The normalized spacial score (nSPS) is 13.0. The van der Waals surface area contributed by atoms with Crippen molar-refractivity contribution in [3.05, 3.63) is 28.8 Å². The first-order chi connectivity index (χ1) is 6.57. The fraction of sp³-hybridized carbons (Fsp3) is 0.455. The molecule has 1 unspecified atom stereocenters. The molecule has 0 saturated heterocycles. The van der Waals surface area contributed by atoms with Crippen LogP contribution < -0.4 is 10.5 Å². The molecule has 3 heteroatoms. The number of halogens is 1. The third-order valence-corrected chi connectivity index (χ3v) is 2.69. The molecule has 1 aromatic rings. The molecule has 0 saturated carbocycles. The van der Waals surface area contributed by atoms with Gasteiger partial charge in [0.05, 0.1) is 12.1 Å². The maximum Gasteiger partial charge on any atom is 0.137 e. The quantitative estimate of drug-likeness (QED) is 0.838. The molecular weight excluding hydrogens is 198 g/mol. The zero-order valence-electron chi connectivity index (χ0n) is 8.75. The van der Waals surface area contributed by atoms with E-state index in [1.807, 2.05) is 18.2 Å². The SMILES string of the molecule is COc1cccc(C(N)C(C)C)c1Cl. The average molecular weight is 214 g/mol. The minimum atomic E-state index is -0.0439. The minimum absolute atomic E-state index is 0.0439. The molecule has 2 N–H and O–H groups in total. The van der Waals surface area contributed by atoms with Crippen molar-refractivity contribution < 1.29 is 4.74 Å². The molecule has 0 aliphatic rings. The first kappa shape index (κ1) is 11.3. The van der Waals surface area contributed by atoms with Crippen molar-refractivity contribution in [1.29, 1.82) is 0 Å². The third-order valence-electron chi connectivity index (χ3n) is 2.29. The van der Waals surface area contributed by atoms with E-state index in [1.165, 1.54) is 0 Å². The van der Waals surface area contributed by atoms with Gasteiger partial charge in [0.1, 0.15) is 5.75 Å². The highest BCUT2D eigenvalue weighted by molar-refractivity contribution is 6.32. The van der Waals surface area contributed by atoms with Crippen molar-refractivity contribution in [2.45, 2.75) is 19.9 Å². The van der Waals surface area contributed by atoms with Crippen molar-refractivity contribution in [2.75, 3.05) is 7.11 Å². The first-order valence-corrected chi connectivity index (χ1v) is 5.03. The van der Waals surface area contributed by atoms with Crippen molar-refractivity contribution in [3.8, 4) is 5.75 Å². The Morgan fingerprint density at radius 2 is 2.00 bits per heavy atom. The number of benzene rings is 1. The largest absolute Gasteiger partial charge is 0.495 e. The first-order valence-electron chi connectivity index (χ1n) is 4.66. The summed E-state index contributed by atoms with van der Waals surface area (Å²) in [5.41, 5.74) is 6.97. The van der Waals surface area contributed by atoms with E-state index in [0.717, 1.165) is 5.56 Å². The van der Waals surface area contributed by atoms with Gasteiger partial charge in [0.2, 0.25) is 0 Å². The van der Waals surface area contributed by atoms with E-state index >= 15 is 0 Å². The van der Waals surface area contributed by atoms with Crippen LogP contribution in [0, 0.1) is 5.92 Å². The molecule has 0 fully saturated rings. The minimum Gasteiger partial charge on any atom is -0.495 e. The summed E-state index contributed by atoms with van der Waals surface area (Å²) in [5, 5.41) is 0.621. The second kappa shape index (κ2) is 4.67. The van der Waals surface area contributed by atoms with Gasteiger partial charge >= 0.3 is 0 Å². The van der Waals surface area contributed by atoms with E-state index in [4.69, 9.17) is 22.1 Å². The molecule has 0 aliphatic heterocycles. The molecule has 0 bridgehead atoms. The van der Waals surface area contributed by atoms with Crippen LogP contribution in [-0.4, -0.2) is 7.11 Å². The molecule has 1 atom stereocenters. The lowest BCUT2D eigenvalue weighted by Gasteiger charge is -2.18. The highest BCUT2D eigenvalue weighted by Gasteiger charge is 2.15. The second-order valence-corrected chi connectivity index (χ2v) is 4.01. The fourth-order valence-corrected chi connectivity index (χ4v) is 1.63. The van der Waals surface area contributed by atoms with Gasteiger partial charge in [-0.3, -0.25) is 0 Å². The van der Waals surface area contributed by atoms with Crippen molar-refractivity contribution in [1.82, 2.24) is 0 Å². The summed E-state index contributed by atoms with van der Waals surface area (Å²) in [5.74, 6) is 1.04. The van der Waals surface area contributed by atoms with E-state index in [2.05, 4.69) is 13.8 Å². The van der Waals surface area contributed by atoms with Crippen LogP contribution in [0.25, 0.3) is 0 Å². The average Bonchev–Trinajstić information content (AvgIpc) is 2.17. The summed E-state index contributed by atoms with van der Waals surface area (Å²) in [6, 6.07) is 5.63. The van der Waals surface area contributed by atoms with E-state index < -0.39 is 0 Å². The lowest BCUT2D eigenvalue weighted by atomic mass is 9.97. The summed E-state index contributed by atoms with van der Waals surface area (Å²) in [4.78, 5) is 0. The Bertz CT molecular complexity index is 312. The van der Waals surface area contributed by atoms with Crippen LogP contribution in [-0.2, 0) is 0 Å². The Labute approximate surface area is 90.0 Å². The number of methoxy groups -OCH3 is 1. The van der Waals surface area contributed by atoms with E-state index in [1.54, 1.807) is 7.11 Å². The summed E-state index contributed by atoms with van der Waals surface area (Å²) in [6.07, 6.45) is 0. The van der Waals surface area contributed by atoms with E-state index in [0.29, 0.717) is 16.7 Å². The van der Waals surface area contributed by atoms with Crippen LogP contribution in [0.15, 0.2) is 18.2 Å². The summed E-state index contributed by atoms with van der Waals surface area (Å²) < 4.78 is 5.13. The molecule has 0 heterocycles. The van der Waals surface area contributed by atoms with Gasteiger partial charge in [-0.2, -0.15) is 0 Å². The Kier molecular flexibility index (Phi) is 3.78. The molecular formula is C11H16ClNO. The lowest BCUT2D eigenvalue weighted by molar-refractivity contribution is 0.412. The Hall–Kier alpha value is -0.730. The van der Waals surface area contributed by atoms with Gasteiger partial charge in [0.25, 0.3) is 0 Å². The Morgan fingerprint density at radius 1 is 1.36 bits per heavy atom. The summed E-state index contributed by atoms with van der Waals surface area (Å²) in [7, 11) is 1.60. The smallest absolute Gasteiger partial charge is 0.137 e. The van der Waals surface area contributed by atoms with Gasteiger partial charge < -0.3 is 10.5 Å². The highest BCUT2D eigenvalue weighted by atomic mass is 35.5. The van der Waals surface area contributed by atoms with Gasteiger partial charge in [-0.25, -0.2) is 0 Å². The lowest BCUT2D eigenvalue weighted by Crippen LogP contribution is -2.17. The highest BCUT2D eigenvalue weighted by Crippen LogP contribution is 2.33. The molecule has 0 radical (unpaired) electrons. The number of nitrogens with two attached hydrogens (primary N) is 1. The Morgan fingerprint density at radius 3 is 2.50 bits per heavy atom. The topological polar surface area (TPSA) is 35.2 Å². The van der Waals surface area contributed by atoms with Crippen molar-refractivity contribution in [3.63, 3.8) is 0 Å². The molecule has 0 aliphatic carbocycles. The number of hydrogen-bond donors (Lipinski definition) is 1. The maximum absolute atomic E-state index is 6.14. The number of hydrogen-bond acceptors (Lipinski definition) is 2. The van der Waals surface area contributed by atoms with Crippen molar-refractivity contribution >= 4 is 11.6 Å².